The van der Waals surface area contributed by atoms with E-state index in [9.17, 15) is 4.79 Å². The van der Waals surface area contributed by atoms with Crippen LogP contribution in [0.1, 0.15) is 28.8 Å². The van der Waals surface area contributed by atoms with Gasteiger partial charge in [-0.25, -0.2) is 9.97 Å². The minimum Gasteiger partial charge on any atom is -0.339 e. The lowest BCUT2D eigenvalue weighted by Crippen LogP contribution is -2.27. The normalized spacial score (nSPS) is 13.8. The van der Waals surface area contributed by atoms with Crippen LogP contribution in [0.5, 0.6) is 0 Å². The Labute approximate surface area is 148 Å². The van der Waals surface area contributed by atoms with Crippen molar-refractivity contribution in [2.45, 2.75) is 12.8 Å². The number of aromatic nitrogens is 2. The minimum absolute atomic E-state index is 0.0471. The fourth-order valence-corrected chi connectivity index (χ4v) is 3.80. The summed E-state index contributed by atoms with van der Waals surface area (Å²) in [7, 11) is 0. The fraction of sp³-hybridized carbons (Fsp3) is 0.222. The largest absolute Gasteiger partial charge is 0.339 e. The Morgan fingerprint density at radius 3 is 2.88 bits per heavy atom. The molecule has 4 rings (SSSR count). The number of carbonyl (C=O) groups excluding carboxylic acids is 1. The maximum absolute atomic E-state index is 12.5. The first-order valence-electron chi connectivity index (χ1n) is 8.06. The first kappa shape index (κ1) is 15.5. The zero-order valence-corrected chi connectivity index (χ0v) is 14.2. The standard InChI is InChI=1S/C18H15N5OS/c19-11-12-3-4-14-15(9-12)25-18(21-14)22-16-10-13(5-6-20-16)17(24)23-7-1-2-8-23/h3-6,9-10H,1-2,7-8H2,(H,20,21,22). The summed E-state index contributed by atoms with van der Waals surface area (Å²) in [6.07, 6.45) is 3.77. The molecule has 0 unspecified atom stereocenters. The molecule has 0 aliphatic carbocycles. The van der Waals surface area contributed by atoms with Gasteiger partial charge < -0.3 is 10.2 Å². The van der Waals surface area contributed by atoms with Crippen LogP contribution in [-0.2, 0) is 0 Å². The third-order valence-corrected chi connectivity index (χ3v) is 5.09. The van der Waals surface area contributed by atoms with Crippen LogP contribution in [0.2, 0.25) is 0 Å². The summed E-state index contributed by atoms with van der Waals surface area (Å²) in [4.78, 5) is 23.1. The molecule has 0 saturated carbocycles. The Kier molecular flexibility index (Phi) is 4.04. The Bertz CT molecular complexity index is 985. The molecule has 1 aliphatic rings. The van der Waals surface area contributed by atoms with Crippen LogP contribution in [0.4, 0.5) is 10.9 Å². The molecule has 3 aromatic rings. The maximum atomic E-state index is 12.5. The fourth-order valence-electron chi connectivity index (χ4n) is 2.89. The molecule has 7 heteroatoms. The smallest absolute Gasteiger partial charge is 0.254 e. The van der Waals surface area contributed by atoms with Crippen molar-refractivity contribution in [2.24, 2.45) is 0 Å². The molecular formula is C18H15N5OS. The number of rotatable bonds is 3. The number of carbonyl (C=O) groups is 1. The number of benzene rings is 1. The predicted octanol–water partition coefficient (Wildman–Crippen LogP) is 3.54. The Morgan fingerprint density at radius 2 is 2.08 bits per heavy atom. The summed E-state index contributed by atoms with van der Waals surface area (Å²) < 4.78 is 0.936. The van der Waals surface area contributed by atoms with E-state index in [1.807, 2.05) is 17.0 Å². The number of thiazole rings is 1. The highest BCUT2D eigenvalue weighted by Crippen LogP contribution is 2.28. The third-order valence-electron chi connectivity index (χ3n) is 4.15. The van der Waals surface area contributed by atoms with Gasteiger partial charge in [0.15, 0.2) is 5.13 Å². The van der Waals surface area contributed by atoms with Crippen molar-refractivity contribution in [1.82, 2.24) is 14.9 Å². The number of nitriles is 1. The summed E-state index contributed by atoms with van der Waals surface area (Å²) >= 11 is 1.45. The van der Waals surface area contributed by atoms with E-state index in [-0.39, 0.29) is 5.91 Å². The van der Waals surface area contributed by atoms with Crippen molar-refractivity contribution in [3.05, 3.63) is 47.7 Å². The molecule has 25 heavy (non-hydrogen) atoms. The SMILES string of the molecule is N#Cc1ccc2nc(Nc3cc(C(=O)N4CCCC4)ccn3)sc2c1. The summed E-state index contributed by atoms with van der Waals surface area (Å²) in [5.74, 6) is 0.635. The molecule has 3 heterocycles. The van der Waals surface area contributed by atoms with Crippen molar-refractivity contribution in [2.75, 3.05) is 18.4 Å². The predicted molar refractivity (Wildman–Crippen MR) is 97.0 cm³/mol. The molecule has 1 N–H and O–H groups in total. The zero-order valence-electron chi connectivity index (χ0n) is 13.4. The van der Waals surface area contributed by atoms with Crippen LogP contribution in [0.25, 0.3) is 10.2 Å². The van der Waals surface area contributed by atoms with Crippen LogP contribution in [-0.4, -0.2) is 33.9 Å². The number of nitrogens with one attached hydrogen (secondary N) is 1. The average Bonchev–Trinajstić information content (AvgIpc) is 3.30. The topological polar surface area (TPSA) is 81.9 Å². The van der Waals surface area contributed by atoms with Crippen LogP contribution in [0, 0.1) is 11.3 Å². The second-order valence-corrected chi connectivity index (χ2v) is 6.90. The lowest BCUT2D eigenvalue weighted by molar-refractivity contribution is 0.0793. The van der Waals surface area contributed by atoms with Gasteiger partial charge in [-0.3, -0.25) is 4.79 Å². The molecule has 1 fully saturated rings. The van der Waals surface area contributed by atoms with E-state index in [1.165, 1.54) is 11.3 Å². The van der Waals surface area contributed by atoms with Crippen molar-refractivity contribution in [3.8, 4) is 6.07 Å². The van der Waals surface area contributed by atoms with Gasteiger partial charge in [-0.15, -0.1) is 0 Å². The van der Waals surface area contributed by atoms with Gasteiger partial charge in [-0.1, -0.05) is 11.3 Å². The highest BCUT2D eigenvalue weighted by Gasteiger charge is 2.19. The van der Waals surface area contributed by atoms with Gasteiger partial charge in [0.05, 0.1) is 21.8 Å². The number of nitrogens with zero attached hydrogens (tertiary/aromatic N) is 4. The number of anilines is 2. The number of fused-ring (bicyclic) bond motifs is 1. The number of hydrogen-bond donors (Lipinski definition) is 1. The van der Waals surface area contributed by atoms with Gasteiger partial charge in [0.1, 0.15) is 5.82 Å². The van der Waals surface area contributed by atoms with E-state index in [0.717, 1.165) is 36.1 Å². The molecule has 1 aromatic carbocycles. The van der Waals surface area contributed by atoms with Crippen LogP contribution in [0.3, 0.4) is 0 Å². The van der Waals surface area contributed by atoms with Crippen molar-refractivity contribution in [3.63, 3.8) is 0 Å². The first-order chi connectivity index (χ1) is 12.2. The van der Waals surface area contributed by atoms with E-state index in [2.05, 4.69) is 21.4 Å². The molecule has 0 radical (unpaired) electrons. The number of hydrogen-bond acceptors (Lipinski definition) is 6. The molecule has 6 nitrogen and oxygen atoms in total. The first-order valence-corrected chi connectivity index (χ1v) is 8.87. The van der Waals surface area contributed by atoms with Gasteiger partial charge in [-0.2, -0.15) is 5.26 Å². The maximum Gasteiger partial charge on any atom is 0.254 e. The van der Waals surface area contributed by atoms with Gasteiger partial charge >= 0.3 is 0 Å². The second-order valence-electron chi connectivity index (χ2n) is 5.87. The number of likely N-dealkylation sites (tertiary alicyclic amines) is 1. The van der Waals surface area contributed by atoms with Crippen LogP contribution >= 0.6 is 11.3 Å². The number of pyridine rings is 1. The summed E-state index contributed by atoms with van der Waals surface area (Å²) in [6.45, 7) is 1.64. The molecule has 124 valence electrons. The quantitative estimate of drug-likeness (QED) is 0.782. The molecular weight excluding hydrogens is 334 g/mol. The molecule has 1 aliphatic heterocycles. The van der Waals surface area contributed by atoms with Crippen molar-refractivity contribution in [1.29, 1.82) is 5.26 Å². The monoisotopic (exact) mass is 349 g/mol. The lowest BCUT2D eigenvalue weighted by Gasteiger charge is -2.15. The lowest BCUT2D eigenvalue weighted by atomic mass is 10.2. The minimum atomic E-state index is 0.0471. The zero-order chi connectivity index (χ0) is 17.2. The third kappa shape index (κ3) is 3.16. The van der Waals surface area contributed by atoms with E-state index >= 15 is 0 Å². The highest BCUT2D eigenvalue weighted by molar-refractivity contribution is 7.22. The van der Waals surface area contributed by atoms with Crippen LogP contribution in [0.15, 0.2) is 36.5 Å². The van der Waals surface area contributed by atoms with Crippen LogP contribution < -0.4 is 5.32 Å². The molecule has 1 amide bonds. The molecule has 0 bridgehead atoms. The molecule has 0 atom stereocenters. The second kappa shape index (κ2) is 6.49. The van der Waals surface area contributed by atoms with Gasteiger partial charge in [-0.05, 0) is 43.2 Å². The van der Waals surface area contributed by atoms with Gasteiger partial charge in [0, 0.05) is 24.8 Å². The number of amides is 1. The molecule has 0 spiro atoms. The van der Waals surface area contributed by atoms with E-state index in [1.54, 1.807) is 24.4 Å². The highest BCUT2D eigenvalue weighted by atomic mass is 32.1. The van der Waals surface area contributed by atoms with Crippen molar-refractivity contribution < 1.29 is 4.79 Å². The average molecular weight is 349 g/mol. The Hall–Kier alpha value is -2.98. The van der Waals surface area contributed by atoms with E-state index < -0.39 is 0 Å². The summed E-state index contributed by atoms with van der Waals surface area (Å²) in [5, 5.41) is 12.8. The van der Waals surface area contributed by atoms with Gasteiger partial charge in [0.2, 0.25) is 0 Å². The van der Waals surface area contributed by atoms with Gasteiger partial charge in [0.25, 0.3) is 5.91 Å². The van der Waals surface area contributed by atoms with E-state index in [0.29, 0.717) is 22.1 Å². The van der Waals surface area contributed by atoms with E-state index in [4.69, 9.17) is 5.26 Å². The summed E-state index contributed by atoms with van der Waals surface area (Å²) in [6, 6.07) is 11.0. The molecule has 1 saturated heterocycles. The summed E-state index contributed by atoms with van der Waals surface area (Å²) in [5.41, 5.74) is 2.07. The molecule has 2 aromatic heterocycles. The van der Waals surface area contributed by atoms with Crippen molar-refractivity contribution >= 4 is 38.4 Å². The Morgan fingerprint density at radius 1 is 1.24 bits per heavy atom. The Balaban J connectivity index is 1.57.